The lowest BCUT2D eigenvalue weighted by Crippen LogP contribution is -2.34. The van der Waals surface area contributed by atoms with E-state index in [0.717, 1.165) is 11.1 Å². The summed E-state index contributed by atoms with van der Waals surface area (Å²) in [5.41, 5.74) is 2.27. The number of fused-ring (bicyclic) bond motifs is 1. The molecule has 1 aromatic heterocycles. The van der Waals surface area contributed by atoms with Crippen molar-refractivity contribution in [1.29, 1.82) is 0 Å². The first kappa shape index (κ1) is 23.9. The van der Waals surface area contributed by atoms with Gasteiger partial charge in [-0.25, -0.2) is 13.4 Å². The zero-order valence-corrected chi connectivity index (χ0v) is 20.5. The smallest absolute Gasteiger partial charge is 0.258 e. The Kier molecular flexibility index (Phi) is 6.68. The molecule has 1 heterocycles. The normalized spacial score (nSPS) is 12.4. The Morgan fingerprint density at radius 1 is 0.882 bits per heavy atom. The number of para-hydroxylation sites is 1. The highest BCUT2D eigenvalue weighted by atomic mass is 32.2. The molecule has 0 saturated heterocycles. The Hall–Kier alpha value is -3.29. The van der Waals surface area contributed by atoms with E-state index < -0.39 is 10.0 Å². The van der Waals surface area contributed by atoms with Gasteiger partial charge in [-0.3, -0.25) is 4.79 Å². The van der Waals surface area contributed by atoms with E-state index in [1.165, 1.54) is 4.31 Å². The second kappa shape index (κ2) is 9.52. The molecule has 0 unspecified atom stereocenters. The number of nitrogens with one attached hydrogen (secondary N) is 1. The van der Waals surface area contributed by atoms with Crippen LogP contribution in [0.5, 0.6) is 0 Å². The molecule has 176 valence electrons. The summed E-state index contributed by atoms with van der Waals surface area (Å²) in [7, 11) is -3.83. The Bertz CT molecular complexity index is 1440. The number of benzene rings is 3. The summed E-state index contributed by atoms with van der Waals surface area (Å²) >= 11 is 0. The number of rotatable bonds is 7. The molecule has 0 aliphatic carbocycles. The van der Waals surface area contributed by atoms with Crippen molar-refractivity contribution in [3.05, 3.63) is 106 Å². The van der Waals surface area contributed by atoms with Crippen molar-refractivity contribution in [2.45, 2.75) is 44.0 Å². The van der Waals surface area contributed by atoms with Crippen LogP contribution in [0, 0.1) is 0 Å². The molecule has 4 rings (SSSR count). The van der Waals surface area contributed by atoms with Gasteiger partial charge >= 0.3 is 0 Å². The molecule has 7 heteroatoms. The lowest BCUT2D eigenvalue weighted by molar-refractivity contribution is 0.400. The Morgan fingerprint density at radius 2 is 1.53 bits per heavy atom. The van der Waals surface area contributed by atoms with E-state index in [1.54, 1.807) is 36.4 Å². The van der Waals surface area contributed by atoms with Crippen molar-refractivity contribution in [1.82, 2.24) is 14.3 Å². The second-order valence-electron chi connectivity index (χ2n) is 9.38. The summed E-state index contributed by atoms with van der Waals surface area (Å²) in [6, 6.07) is 23.8. The molecule has 34 heavy (non-hydrogen) atoms. The molecule has 3 aromatic carbocycles. The molecule has 0 atom stereocenters. The maximum atomic E-state index is 13.7. The number of nitrogens with zero attached hydrogens (tertiary/aromatic N) is 2. The van der Waals surface area contributed by atoms with E-state index >= 15 is 0 Å². The fraction of sp³-hybridized carbons (Fsp3) is 0.259. The van der Waals surface area contributed by atoms with Gasteiger partial charge in [0.1, 0.15) is 5.82 Å². The molecule has 4 aromatic rings. The molecule has 0 spiro atoms. The summed E-state index contributed by atoms with van der Waals surface area (Å²) in [5.74, 6) is 0.312. The summed E-state index contributed by atoms with van der Waals surface area (Å²) in [4.78, 5) is 20.0. The minimum atomic E-state index is -3.83. The van der Waals surface area contributed by atoms with Gasteiger partial charge in [0.15, 0.2) is 0 Å². The van der Waals surface area contributed by atoms with Crippen molar-refractivity contribution in [3.8, 4) is 0 Å². The average molecular weight is 476 g/mol. The standard InChI is InChI=1S/C27H29N3O3S/c1-27(2,3)21-13-15-22(16-14-21)34(32,33)30(18-17-20-9-5-4-6-10-20)19-25-28-24-12-8-7-11-23(24)26(31)29-25/h4-16H,17-19H2,1-3H3,(H,28,29,31). The van der Waals surface area contributed by atoms with Crippen LogP contribution >= 0.6 is 0 Å². The Labute approximate surface area is 200 Å². The summed E-state index contributed by atoms with van der Waals surface area (Å²) in [6.07, 6.45) is 0.540. The number of aromatic amines is 1. The lowest BCUT2D eigenvalue weighted by Gasteiger charge is -2.23. The monoisotopic (exact) mass is 475 g/mol. The highest BCUT2D eigenvalue weighted by molar-refractivity contribution is 7.89. The molecule has 0 saturated carbocycles. The molecular weight excluding hydrogens is 446 g/mol. The van der Waals surface area contributed by atoms with Crippen LogP contribution in [-0.2, 0) is 28.4 Å². The Morgan fingerprint density at radius 3 is 2.21 bits per heavy atom. The first-order valence-electron chi connectivity index (χ1n) is 11.3. The third-order valence-corrected chi connectivity index (χ3v) is 7.70. The molecule has 0 amide bonds. The highest BCUT2D eigenvalue weighted by Crippen LogP contribution is 2.25. The third kappa shape index (κ3) is 5.26. The quantitative estimate of drug-likeness (QED) is 0.422. The SMILES string of the molecule is CC(C)(C)c1ccc(S(=O)(=O)N(CCc2ccccc2)Cc2nc3ccccc3c(=O)[nH]2)cc1. The van der Waals surface area contributed by atoms with Gasteiger partial charge in [-0.05, 0) is 47.2 Å². The van der Waals surface area contributed by atoms with Crippen molar-refractivity contribution >= 4 is 20.9 Å². The minimum absolute atomic E-state index is 0.0315. The van der Waals surface area contributed by atoms with Crippen LogP contribution in [0.1, 0.15) is 37.7 Å². The van der Waals surface area contributed by atoms with Gasteiger partial charge in [0.25, 0.3) is 5.56 Å². The zero-order valence-electron chi connectivity index (χ0n) is 19.7. The first-order valence-corrected chi connectivity index (χ1v) is 12.7. The van der Waals surface area contributed by atoms with Gasteiger partial charge in [0.2, 0.25) is 10.0 Å². The fourth-order valence-electron chi connectivity index (χ4n) is 3.84. The number of aromatic nitrogens is 2. The summed E-state index contributed by atoms with van der Waals surface area (Å²) < 4.78 is 28.7. The van der Waals surface area contributed by atoms with Crippen molar-refractivity contribution < 1.29 is 8.42 Å². The van der Waals surface area contributed by atoms with Gasteiger partial charge in [-0.2, -0.15) is 4.31 Å². The number of H-pyrrole nitrogens is 1. The third-order valence-electron chi connectivity index (χ3n) is 5.84. The van der Waals surface area contributed by atoms with E-state index in [0.29, 0.717) is 23.1 Å². The topological polar surface area (TPSA) is 83.1 Å². The maximum Gasteiger partial charge on any atom is 0.258 e. The minimum Gasteiger partial charge on any atom is -0.309 e. The van der Waals surface area contributed by atoms with Crippen molar-refractivity contribution in [2.24, 2.45) is 0 Å². The largest absolute Gasteiger partial charge is 0.309 e. The molecular formula is C27H29N3O3S. The molecule has 0 radical (unpaired) electrons. The van der Waals surface area contributed by atoms with Gasteiger partial charge < -0.3 is 4.98 Å². The summed E-state index contributed by atoms with van der Waals surface area (Å²) in [5, 5.41) is 0.475. The predicted molar refractivity (Wildman–Crippen MR) is 135 cm³/mol. The predicted octanol–water partition coefficient (Wildman–Crippen LogP) is 4.65. The zero-order chi connectivity index (χ0) is 24.3. The molecule has 1 N–H and O–H groups in total. The van der Waals surface area contributed by atoms with E-state index in [9.17, 15) is 13.2 Å². The summed E-state index contributed by atoms with van der Waals surface area (Å²) in [6.45, 7) is 6.49. The van der Waals surface area contributed by atoms with Crippen molar-refractivity contribution in [2.75, 3.05) is 6.54 Å². The molecule has 0 aliphatic rings. The number of hydrogen-bond acceptors (Lipinski definition) is 4. The van der Waals surface area contributed by atoms with Crippen LogP contribution in [-0.4, -0.2) is 29.2 Å². The fourth-order valence-corrected chi connectivity index (χ4v) is 5.24. The van der Waals surface area contributed by atoms with Gasteiger partial charge in [0.05, 0.1) is 22.3 Å². The molecule has 0 fully saturated rings. The first-order chi connectivity index (χ1) is 16.1. The maximum absolute atomic E-state index is 13.7. The Balaban J connectivity index is 1.69. The van der Waals surface area contributed by atoms with Gasteiger partial charge in [0, 0.05) is 6.54 Å². The highest BCUT2D eigenvalue weighted by Gasteiger charge is 2.26. The average Bonchev–Trinajstić information content (AvgIpc) is 2.82. The molecule has 6 nitrogen and oxygen atoms in total. The van der Waals surface area contributed by atoms with E-state index in [1.807, 2.05) is 42.5 Å². The van der Waals surface area contributed by atoms with E-state index in [-0.39, 0.29) is 29.0 Å². The lowest BCUT2D eigenvalue weighted by atomic mass is 9.87. The molecule has 0 aliphatic heterocycles. The van der Waals surface area contributed by atoms with E-state index in [4.69, 9.17) is 0 Å². The molecule has 0 bridgehead atoms. The second-order valence-corrected chi connectivity index (χ2v) is 11.3. The van der Waals surface area contributed by atoms with Crippen molar-refractivity contribution in [3.63, 3.8) is 0 Å². The van der Waals surface area contributed by atoms with Crippen LogP contribution in [0.3, 0.4) is 0 Å². The van der Waals surface area contributed by atoms with Crippen LogP contribution in [0.2, 0.25) is 0 Å². The van der Waals surface area contributed by atoms with Crippen LogP contribution in [0.15, 0.2) is 88.6 Å². The van der Waals surface area contributed by atoms with Crippen LogP contribution in [0.25, 0.3) is 10.9 Å². The van der Waals surface area contributed by atoms with E-state index in [2.05, 4.69) is 30.7 Å². The van der Waals surface area contributed by atoms with Gasteiger partial charge in [-0.15, -0.1) is 0 Å². The van der Waals surface area contributed by atoms with Gasteiger partial charge in [-0.1, -0.05) is 75.4 Å². The number of hydrogen-bond donors (Lipinski definition) is 1. The van der Waals surface area contributed by atoms with Crippen LogP contribution in [0.4, 0.5) is 0 Å². The number of sulfonamides is 1. The van der Waals surface area contributed by atoms with Crippen LogP contribution < -0.4 is 5.56 Å².